The summed E-state index contributed by atoms with van der Waals surface area (Å²) in [6.45, 7) is 5.45. The molecule has 2 heterocycles. The summed E-state index contributed by atoms with van der Waals surface area (Å²) >= 11 is 0. The number of nitrogens with two attached hydrogens (primary N) is 1. The Hall–Kier alpha value is -3.49. The molecule has 0 radical (unpaired) electrons. The van der Waals surface area contributed by atoms with Gasteiger partial charge in [-0.25, -0.2) is 24.1 Å². The van der Waals surface area contributed by atoms with Gasteiger partial charge in [0, 0.05) is 12.4 Å². The highest BCUT2D eigenvalue weighted by Gasteiger charge is 2.32. The Labute approximate surface area is 161 Å². The Bertz CT molecular complexity index is 1080. The summed E-state index contributed by atoms with van der Waals surface area (Å²) in [6, 6.07) is 6.92. The Morgan fingerprint density at radius 1 is 1.11 bits per heavy atom. The van der Waals surface area contributed by atoms with Gasteiger partial charge in [-0.2, -0.15) is 0 Å². The van der Waals surface area contributed by atoms with E-state index in [0.29, 0.717) is 16.9 Å². The van der Waals surface area contributed by atoms with E-state index in [1.54, 1.807) is 63.5 Å². The standard InChI is InChI=1S/C19H22N6O3/c1-19(2,3)15(16(20)26)23-17(27)25-13-8-5-4-7-12(13)24(18(25)28)11-14-21-9-6-10-22-14/h4-10,15H,11H2,1-3H3,(H2,20,26)(H,23,27)/t15-/m1/s1. The molecule has 3 aromatic rings. The van der Waals surface area contributed by atoms with Crippen molar-refractivity contribution in [3.8, 4) is 0 Å². The lowest BCUT2D eigenvalue weighted by Gasteiger charge is -2.28. The van der Waals surface area contributed by atoms with Gasteiger partial charge in [-0.1, -0.05) is 32.9 Å². The molecule has 0 fully saturated rings. The van der Waals surface area contributed by atoms with E-state index in [1.165, 1.54) is 4.57 Å². The minimum Gasteiger partial charge on any atom is -0.368 e. The molecule has 28 heavy (non-hydrogen) atoms. The van der Waals surface area contributed by atoms with Gasteiger partial charge in [0.2, 0.25) is 5.91 Å². The fourth-order valence-electron chi connectivity index (χ4n) is 3.01. The van der Waals surface area contributed by atoms with Crippen LogP contribution in [0.15, 0.2) is 47.5 Å². The monoisotopic (exact) mass is 382 g/mol. The first-order chi connectivity index (χ1) is 13.2. The van der Waals surface area contributed by atoms with Crippen LogP contribution in [0.3, 0.4) is 0 Å². The molecule has 3 rings (SSSR count). The van der Waals surface area contributed by atoms with E-state index in [4.69, 9.17) is 5.73 Å². The lowest BCUT2D eigenvalue weighted by Crippen LogP contribution is -2.54. The zero-order valence-electron chi connectivity index (χ0n) is 15.9. The summed E-state index contributed by atoms with van der Waals surface area (Å²) in [7, 11) is 0. The predicted octanol–water partition coefficient (Wildman–Crippen LogP) is 1.10. The quantitative estimate of drug-likeness (QED) is 0.699. The molecule has 146 valence electrons. The zero-order chi connectivity index (χ0) is 20.5. The van der Waals surface area contributed by atoms with E-state index >= 15 is 0 Å². The SMILES string of the molecule is CC(C)(C)[C@H](NC(=O)n1c(=O)n(Cc2ncccn2)c2ccccc21)C(N)=O. The maximum Gasteiger partial charge on any atom is 0.337 e. The molecule has 0 unspecified atom stereocenters. The normalized spacial score (nSPS) is 12.7. The Morgan fingerprint density at radius 2 is 1.71 bits per heavy atom. The van der Waals surface area contributed by atoms with E-state index in [1.807, 2.05) is 0 Å². The molecular formula is C19H22N6O3. The second-order valence-corrected chi connectivity index (χ2v) is 7.51. The summed E-state index contributed by atoms with van der Waals surface area (Å²) in [5.74, 6) is -0.229. The molecular weight excluding hydrogens is 360 g/mol. The summed E-state index contributed by atoms with van der Waals surface area (Å²) in [6.07, 6.45) is 3.17. The van der Waals surface area contributed by atoms with Crippen molar-refractivity contribution in [2.45, 2.75) is 33.4 Å². The second-order valence-electron chi connectivity index (χ2n) is 7.51. The van der Waals surface area contributed by atoms with Gasteiger partial charge in [-0.05, 0) is 23.6 Å². The lowest BCUT2D eigenvalue weighted by atomic mass is 9.86. The van der Waals surface area contributed by atoms with E-state index in [-0.39, 0.29) is 6.54 Å². The fourth-order valence-corrected chi connectivity index (χ4v) is 3.01. The maximum atomic E-state index is 13.0. The zero-order valence-corrected chi connectivity index (χ0v) is 15.9. The number of hydrogen-bond donors (Lipinski definition) is 2. The molecule has 0 aliphatic carbocycles. The van der Waals surface area contributed by atoms with Crippen molar-refractivity contribution in [3.63, 3.8) is 0 Å². The van der Waals surface area contributed by atoms with Crippen LogP contribution in [0.2, 0.25) is 0 Å². The van der Waals surface area contributed by atoms with Crippen molar-refractivity contribution in [1.29, 1.82) is 0 Å². The van der Waals surface area contributed by atoms with Crippen LogP contribution in [0.25, 0.3) is 11.0 Å². The van der Waals surface area contributed by atoms with Crippen molar-refractivity contribution in [2.24, 2.45) is 11.1 Å². The van der Waals surface area contributed by atoms with E-state index < -0.39 is 29.1 Å². The summed E-state index contributed by atoms with van der Waals surface area (Å²) in [5.41, 5.74) is 5.25. The minimum absolute atomic E-state index is 0.110. The van der Waals surface area contributed by atoms with Gasteiger partial charge in [-0.15, -0.1) is 0 Å². The smallest absolute Gasteiger partial charge is 0.337 e. The molecule has 3 N–H and O–H groups in total. The number of primary amides is 1. The van der Waals surface area contributed by atoms with Gasteiger partial charge in [0.1, 0.15) is 11.9 Å². The number of fused-ring (bicyclic) bond motifs is 1. The first kappa shape index (κ1) is 19.3. The molecule has 2 amide bonds. The summed E-state index contributed by atoms with van der Waals surface area (Å²) in [5, 5.41) is 2.59. The van der Waals surface area contributed by atoms with Gasteiger partial charge in [0.25, 0.3) is 0 Å². The van der Waals surface area contributed by atoms with Gasteiger partial charge < -0.3 is 11.1 Å². The fraction of sp³-hybridized carbons (Fsp3) is 0.316. The second kappa shape index (κ2) is 7.26. The molecule has 0 aliphatic rings. The van der Waals surface area contributed by atoms with Crippen LogP contribution in [0.5, 0.6) is 0 Å². The number of hydrogen-bond acceptors (Lipinski definition) is 5. The van der Waals surface area contributed by atoms with Gasteiger partial charge in [0.05, 0.1) is 17.6 Å². The van der Waals surface area contributed by atoms with E-state index in [9.17, 15) is 14.4 Å². The van der Waals surface area contributed by atoms with Crippen LogP contribution >= 0.6 is 0 Å². The number of benzene rings is 1. The lowest BCUT2D eigenvalue weighted by molar-refractivity contribution is -0.122. The summed E-state index contributed by atoms with van der Waals surface area (Å²) < 4.78 is 2.42. The van der Waals surface area contributed by atoms with Crippen molar-refractivity contribution >= 4 is 23.0 Å². The van der Waals surface area contributed by atoms with Crippen LogP contribution in [-0.2, 0) is 11.3 Å². The number of nitrogens with zero attached hydrogens (tertiary/aromatic N) is 4. The first-order valence-electron chi connectivity index (χ1n) is 8.76. The number of carbonyl (C=O) groups is 2. The number of carbonyl (C=O) groups excluding carboxylic acids is 2. The molecule has 0 saturated carbocycles. The van der Waals surface area contributed by atoms with Gasteiger partial charge >= 0.3 is 11.7 Å². The van der Waals surface area contributed by atoms with Crippen molar-refractivity contribution in [1.82, 2.24) is 24.4 Å². The molecule has 9 nitrogen and oxygen atoms in total. The van der Waals surface area contributed by atoms with E-state index in [2.05, 4.69) is 15.3 Å². The molecule has 0 saturated heterocycles. The van der Waals surface area contributed by atoms with Crippen molar-refractivity contribution in [3.05, 3.63) is 59.0 Å². The Morgan fingerprint density at radius 3 is 2.29 bits per heavy atom. The molecule has 0 bridgehead atoms. The number of imidazole rings is 1. The number of nitrogens with one attached hydrogen (secondary N) is 1. The van der Waals surface area contributed by atoms with Gasteiger partial charge in [-0.3, -0.25) is 9.36 Å². The number of para-hydroxylation sites is 2. The average Bonchev–Trinajstić information content (AvgIpc) is 2.91. The van der Waals surface area contributed by atoms with Crippen LogP contribution in [0.1, 0.15) is 26.6 Å². The Balaban J connectivity index is 2.07. The third-order valence-corrected chi connectivity index (χ3v) is 4.38. The van der Waals surface area contributed by atoms with E-state index in [0.717, 1.165) is 4.57 Å². The molecule has 0 spiro atoms. The van der Waals surface area contributed by atoms with Crippen LogP contribution < -0.4 is 16.7 Å². The van der Waals surface area contributed by atoms with Crippen molar-refractivity contribution < 1.29 is 9.59 Å². The summed E-state index contributed by atoms with van der Waals surface area (Å²) in [4.78, 5) is 46.0. The maximum absolute atomic E-state index is 13.0. The molecule has 9 heteroatoms. The number of amides is 2. The third-order valence-electron chi connectivity index (χ3n) is 4.38. The highest BCUT2D eigenvalue weighted by molar-refractivity contribution is 5.92. The molecule has 1 atom stereocenters. The molecule has 0 aliphatic heterocycles. The van der Waals surface area contributed by atoms with Crippen LogP contribution in [0, 0.1) is 5.41 Å². The van der Waals surface area contributed by atoms with Crippen LogP contribution in [0.4, 0.5) is 4.79 Å². The minimum atomic E-state index is -0.938. The molecule has 2 aromatic heterocycles. The van der Waals surface area contributed by atoms with Crippen molar-refractivity contribution in [2.75, 3.05) is 0 Å². The predicted molar refractivity (Wildman–Crippen MR) is 104 cm³/mol. The number of aromatic nitrogens is 4. The Kier molecular flexibility index (Phi) is 5.00. The highest BCUT2D eigenvalue weighted by atomic mass is 16.2. The van der Waals surface area contributed by atoms with Gasteiger partial charge in [0.15, 0.2) is 0 Å². The third kappa shape index (κ3) is 3.64. The first-order valence-corrected chi connectivity index (χ1v) is 8.76. The average molecular weight is 382 g/mol. The molecule has 1 aromatic carbocycles. The topological polar surface area (TPSA) is 125 Å². The van der Waals surface area contributed by atoms with Crippen LogP contribution in [-0.4, -0.2) is 37.1 Å². The number of rotatable bonds is 4. The highest BCUT2D eigenvalue weighted by Crippen LogP contribution is 2.20. The largest absolute Gasteiger partial charge is 0.368 e.